The van der Waals surface area contributed by atoms with Crippen LogP contribution < -0.4 is 4.90 Å². The second kappa shape index (κ2) is 6.21. The summed E-state index contributed by atoms with van der Waals surface area (Å²) in [5.41, 5.74) is 1.02. The summed E-state index contributed by atoms with van der Waals surface area (Å²) >= 11 is 0. The van der Waals surface area contributed by atoms with Crippen LogP contribution in [0.3, 0.4) is 0 Å². The lowest BCUT2D eigenvalue weighted by molar-refractivity contribution is -0.385. The van der Waals surface area contributed by atoms with E-state index in [1.807, 2.05) is 0 Å². The quantitative estimate of drug-likeness (QED) is 0.361. The van der Waals surface area contributed by atoms with Crippen molar-refractivity contribution in [1.29, 1.82) is 0 Å². The molecular weight excluding hydrogens is 272 g/mol. The van der Waals surface area contributed by atoms with E-state index in [0.29, 0.717) is 12.6 Å². The number of anilines is 1. The molecule has 2 rings (SSSR count). The Labute approximate surface area is 122 Å². The maximum Gasteiger partial charge on any atom is 0.328 e. The number of hydrogen-bond acceptors (Lipinski definition) is 4. The maximum atomic E-state index is 11.0. The SMILES string of the molecule is C=CCN(c1ccc([N+](=O)[O-])c(/C=C/C(=O)O)c1)C1CC1. The molecule has 0 heterocycles. The Kier molecular flexibility index (Phi) is 4.37. The van der Waals surface area contributed by atoms with E-state index in [2.05, 4.69) is 11.5 Å². The smallest absolute Gasteiger partial charge is 0.328 e. The summed E-state index contributed by atoms with van der Waals surface area (Å²) < 4.78 is 0. The van der Waals surface area contributed by atoms with E-state index >= 15 is 0 Å². The Morgan fingerprint density at radius 2 is 2.24 bits per heavy atom. The summed E-state index contributed by atoms with van der Waals surface area (Å²) in [4.78, 5) is 23.2. The standard InChI is InChI=1S/C15H16N2O4/c1-2-9-16(12-4-5-12)13-6-7-14(17(20)21)11(10-13)3-8-15(18)19/h2-3,6-8,10,12H,1,4-5,9H2,(H,18,19)/b8-3+. The first-order chi connectivity index (χ1) is 10.0. The van der Waals surface area contributed by atoms with E-state index in [4.69, 9.17) is 5.11 Å². The van der Waals surface area contributed by atoms with Crippen LogP contribution in [0.2, 0.25) is 0 Å². The molecule has 0 atom stereocenters. The third-order valence-electron chi connectivity index (χ3n) is 3.26. The van der Waals surface area contributed by atoms with E-state index in [-0.39, 0.29) is 11.3 Å². The highest BCUT2D eigenvalue weighted by Crippen LogP contribution is 2.34. The topological polar surface area (TPSA) is 83.7 Å². The minimum Gasteiger partial charge on any atom is -0.478 e. The molecule has 1 saturated carbocycles. The molecule has 1 aromatic rings. The fourth-order valence-electron chi connectivity index (χ4n) is 2.17. The van der Waals surface area contributed by atoms with Crippen LogP contribution in [0.15, 0.2) is 36.9 Å². The van der Waals surface area contributed by atoms with Crippen molar-refractivity contribution in [2.45, 2.75) is 18.9 Å². The molecule has 6 nitrogen and oxygen atoms in total. The van der Waals surface area contributed by atoms with Gasteiger partial charge >= 0.3 is 5.97 Å². The molecule has 1 aliphatic carbocycles. The zero-order chi connectivity index (χ0) is 15.4. The van der Waals surface area contributed by atoms with E-state index in [0.717, 1.165) is 24.6 Å². The lowest BCUT2D eigenvalue weighted by Gasteiger charge is -2.23. The summed E-state index contributed by atoms with van der Waals surface area (Å²) in [7, 11) is 0. The molecule has 0 radical (unpaired) electrons. The zero-order valence-electron chi connectivity index (χ0n) is 11.4. The highest BCUT2D eigenvalue weighted by molar-refractivity contribution is 5.86. The lowest BCUT2D eigenvalue weighted by atomic mass is 10.1. The largest absolute Gasteiger partial charge is 0.478 e. The third-order valence-corrected chi connectivity index (χ3v) is 3.26. The molecule has 0 spiro atoms. The number of nitrogens with zero attached hydrogens (tertiary/aromatic N) is 2. The summed E-state index contributed by atoms with van der Waals surface area (Å²) in [6.45, 7) is 4.38. The van der Waals surface area contributed by atoms with Gasteiger partial charge in [-0.25, -0.2) is 4.79 Å². The normalized spacial score (nSPS) is 14.1. The number of carboxylic acid groups (broad SMARTS) is 1. The first-order valence-electron chi connectivity index (χ1n) is 6.60. The molecule has 0 unspecified atom stereocenters. The van der Waals surface area contributed by atoms with Crippen molar-refractivity contribution in [3.05, 3.63) is 52.6 Å². The van der Waals surface area contributed by atoms with Gasteiger partial charge < -0.3 is 10.0 Å². The summed E-state index contributed by atoms with van der Waals surface area (Å²) in [5.74, 6) is -1.14. The van der Waals surface area contributed by atoms with Crippen molar-refractivity contribution in [3.63, 3.8) is 0 Å². The average Bonchev–Trinajstić information content (AvgIpc) is 3.26. The fraction of sp³-hybridized carbons (Fsp3) is 0.267. The number of carbonyl (C=O) groups is 1. The van der Waals surface area contributed by atoms with Gasteiger partial charge in [-0.05, 0) is 31.1 Å². The van der Waals surface area contributed by atoms with Crippen LogP contribution in [-0.2, 0) is 4.79 Å². The molecule has 6 heteroatoms. The van der Waals surface area contributed by atoms with E-state index in [1.165, 1.54) is 12.1 Å². The molecule has 1 aromatic carbocycles. The average molecular weight is 288 g/mol. The summed E-state index contributed by atoms with van der Waals surface area (Å²) in [6, 6.07) is 5.19. The van der Waals surface area contributed by atoms with Crippen molar-refractivity contribution in [2.75, 3.05) is 11.4 Å². The Morgan fingerprint density at radius 1 is 1.52 bits per heavy atom. The van der Waals surface area contributed by atoms with Gasteiger partial charge in [-0.3, -0.25) is 10.1 Å². The van der Waals surface area contributed by atoms with Gasteiger partial charge in [0.2, 0.25) is 0 Å². The first kappa shape index (κ1) is 14.8. The Morgan fingerprint density at radius 3 is 2.76 bits per heavy atom. The molecule has 1 N–H and O–H groups in total. The lowest BCUT2D eigenvalue weighted by Crippen LogP contribution is -2.25. The number of nitro groups is 1. The molecule has 0 saturated heterocycles. The third kappa shape index (κ3) is 3.68. The summed E-state index contributed by atoms with van der Waals surface area (Å²) in [5, 5.41) is 19.7. The molecule has 1 aliphatic rings. The van der Waals surface area contributed by atoms with E-state index < -0.39 is 10.9 Å². The maximum absolute atomic E-state index is 11.0. The van der Waals surface area contributed by atoms with Crippen LogP contribution in [0.25, 0.3) is 6.08 Å². The van der Waals surface area contributed by atoms with Crippen LogP contribution >= 0.6 is 0 Å². The predicted molar refractivity (Wildman–Crippen MR) is 80.3 cm³/mol. The molecule has 0 aliphatic heterocycles. The van der Waals surface area contributed by atoms with E-state index in [9.17, 15) is 14.9 Å². The van der Waals surface area contributed by atoms with Gasteiger partial charge in [0.1, 0.15) is 0 Å². The van der Waals surface area contributed by atoms with Crippen molar-refractivity contribution in [1.82, 2.24) is 0 Å². The molecule has 110 valence electrons. The molecule has 0 amide bonds. The molecule has 21 heavy (non-hydrogen) atoms. The van der Waals surface area contributed by atoms with Gasteiger partial charge in [-0.15, -0.1) is 6.58 Å². The van der Waals surface area contributed by atoms with Crippen LogP contribution in [0.1, 0.15) is 18.4 Å². The molecule has 1 fully saturated rings. The first-order valence-corrected chi connectivity index (χ1v) is 6.60. The van der Waals surface area contributed by atoms with Crippen molar-refractivity contribution < 1.29 is 14.8 Å². The van der Waals surface area contributed by atoms with Crippen molar-refractivity contribution in [3.8, 4) is 0 Å². The Bertz CT molecular complexity index is 606. The monoisotopic (exact) mass is 288 g/mol. The highest BCUT2D eigenvalue weighted by Gasteiger charge is 2.29. The summed E-state index contributed by atoms with van der Waals surface area (Å²) in [6.07, 6.45) is 6.12. The van der Waals surface area contributed by atoms with E-state index in [1.54, 1.807) is 18.2 Å². The number of aliphatic carboxylic acids is 1. The second-order valence-corrected chi connectivity index (χ2v) is 4.84. The number of rotatable bonds is 7. The molecule has 0 bridgehead atoms. The van der Waals surface area contributed by atoms with Gasteiger partial charge in [0.25, 0.3) is 5.69 Å². The van der Waals surface area contributed by atoms with Gasteiger partial charge in [0, 0.05) is 30.4 Å². The minimum atomic E-state index is -1.14. The highest BCUT2D eigenvalue weighted by atomic mass is 16.6. The number of benzene rings is 1. The van der Waals surface area contributed by atoms with Crippen LogP contribution in [0, 0.1) is 10.1 Å². The predicted octanol–water partition coefficient (Wildman–Crippen LogP) is 2.85. The van der Waals surface area contributed by atoms with Crippen LogP contribution in [-0.4, -0.2) is 28.6 Å². The zero-order valence-corrected chi connectivity index (χ0v) is 11.4. The number of nitro benzene ring substituents is 1. The van der Waals surface area contributed by atoms with Gasteiger partial charge in [0.05, 0.1) is 10.5 Å². The number of carboxylic acids is 1. The Balaban J connectivity index is 2.39. The molecule has 0 aromatic heterocycles. The van der Waals surface area contributed by atoms with Gasteiger partial charge in [-0.1, -0.05) is 6.08 Å². The number of hydrogen-bond donors (Lipinski definition) is 1. The van der Waals surface area contributed by atoms with Crippen molar-refractivity contribution >= 4 is 23.4 Å². The van der Waals surface area contributed by atoms with Crippen LogP contribution in [0.4, 0.5) is 11.4 Å². The van der Waals surface area contributed by atoms with Crippen molar-refractivity contribution in [2.24, 2.45) is 0 Å². The van der Waals surface area contributed by atoms with Crippen LogP contribution in [0.5, 0.6) is 0 Å². The Hall–Kier alpha value is -2.63. The minimum absolute atomic E-state index is 0.106. The second-order valence-electron chi connectivity index (χ2n) is 4.84. The molecular formula is C15H16N2O4. The van der Waals surface area contributed by atoms with Gasteiger partial charge in [0.15, 0.2) is 0 Å². The van der Waals surface area contributed by atoms with Gasteiger partial charge in [-0.2, -0.15) is 0 Å². The fourth-order valence-corrected chi connectivity index (χ4v) is 2.17.